The lowest BCUT2D eigenvalue weighted by Crippen LogP contribution is -3.20. The number of aliphatic hydroxyl groups excluding tert-OH is 2. The molecule has 0 radical (unpaired) electrons. The zero-order valence-corrected chi connectivity index (χ0v) is 26.5. The minimum absolute atomic E-state index is 0.0186. The Bertz CT molecular complexity index is 1020. The van der Waals surface area contributed by atoms with Crippen LogP contribution in [0.5, 0.6) is 0 Å². The van der Waals surface area contributed by atoms with E-state index < -0.39 is 0 Å². The van der Waals surface area contributed by atoms with Crippen molar-refractivity contribution in [2.75, 3.05) is 26.2 Å². The Morgan fingerprint density at radius 1 is 0.850 bits per heavy atom. The van der Waals surface area contributed by atoms with Gasteiger partial charge in [-0.15, -0.1) is 0 Å². The second-order valence-electron chi connectivity index (χ2n) is 17.8. The Hall–Kier alpha value is -0.420. The fourth-order valence-electron chi connectivity index (χ4n) is 14.0. The van der Waals surface area contributed by atoms with Crippen LogP contribution in [-0.2, 0) is 0 Å². The molecule has 8 rings (SSSR count). The van der Waals surface area contributed by atoms with Crippen molar-refractivity contribution in [2.24, 2.45) is 56.7 Å². The van der Waals surface area contributed by atoms with Gasteiger partial charge in [0.1, 0.15) is 6.04 Å². The quantitative estimate of drug-likeness (QED) is 0.371. The third-order valence-electron chi connectivity index (χ3n) is 16.5. The van der Waals surface area contributed by atoms with E-state index in [1.807, 2.05) is 0 Å². The van der Waals surface area contributed by atoms with E-state index in [1.54, 1.807) is 4.90 Å². The van der Waals surface area contributed by atoms with Gasteiger partial charge in [-0.1, -0.05) is 41.2 Å². The Morgan fingerprint density at radius 3 is 2.33 bits per heavy atom. The average Bonchev–Trinajstić information content (AvgIpc) is 3.32. The van der Waals surface area contributed by atoms with E-state index in [-0.39, 0.29) is 16.9 Å². The molecule has 4 nitrogen and oxygen atoms in total. The highest BCUT2D eigenvalue weighted by Gasteiger charge is 2.70. The molecule has 4 N–H and O–H groups in total. The van der Waals surface area contributed by atoms with E-state index >= 15 is 0 Å². The smallest absolute Gasteiger partial charge is 0.100 e. The number of piperidine rings is 2. The van der Waals surface area contributed by atoms with Gasteiger partial charge >= 0.3 is 0 Å². The number of quaternary nitrogens is 1. The van der Waals surface area contributed by atoms with Crippen LogP contribution in [0.1, 0.15) is 112 Å². The standard InChI is InChI=1S/C36H60N2O2/c1-23(20-38-21-24-7-8-25(38)19-37-24)26-11-16-36(22-39)18-17-34(5)27(31(26)36)9-10-29-33(4)14-13-30(40)32(2,3)28(33)12-15-35(29,34)6/h24-31,37,39-40H,1,7-22H2,2-6H3/p+1/t24?,25?,26-,27?,28?,29?,30-,31?,33-,34+,35+,36+/m0/s1. The molecule has 3 heterocycles. The van der Waals surface area contributed by atoms with E-state index in [0.717, 1.165) is 24.9 Å². The third kappa shape index (κ3) is 3.64. The minimum Gasteiger partial charge on any atom is -0.396 e. The zero-order valence-electron chi connectivity index (χ0n) is 26.5. The van der Waals surface area contributed by atoms with E-state index in [1.165, 1.54) is 89.3 Å². The highest BCUT2D eigenvalue weighted by atomic mass is 16.3. The molecule has 5 aliphatic carbocycles. The highest BCUT2D eigenvalue weighted by molar-refractivity contribution is 5.22. The van der Waals surface area contributed by atoms with Gasteiger partial charge in [0.15, 0.2) is 0 Å². The van der Waals surface area contributed by atoms with Crippen LogP contribution in [0.3, 0.4) is 0 Å². The summed E-state index contributed by atoms with van der Waals surface area (Å²) in [6, 6.07) is 1.48. The maximum Gasteiger partial charge on any atom is 0.100 e. The molecule has 13 atom stereocenters. The van der Waals surface area contributed by atoms with Gasteiger partial charge in [0.2, 0.25) is 0 Å². The number of hydrogen-bond donors (Lipinski definition) is 4. The highest BCUT2D eigenvalue weighted by Crippen LogP contribution is 2.77. The predicted molar refractivity (Wildman–Crippen MR) is 162 cm³/mol. The molecule has 3 aliphatic heterocycles. The topological polar surface area (TPSA) is 56.9 Å². The number of rotatable bonds is 4. The summed E-state index contributed by atoms with van der Waals surface area (Å²) in [6.45, 7) is 21.7. The summed E-state index contributed by atoms with van der Waals surface area (Å²) >= 11 is 0. The Morgan fingerprint density at radius 2 is 1.65 bits per heavy atom. The van der Waals surface area contributed by atoms with E-state index in [4.69, 9.17) is 6.58 Å². The second kappa shape index (κ2) is 9.29. The molecule has 0 aromatic carbocycles. The van der Waals surface area contributed by atoms with E-state index in [0.29, 0.717) is 52.6 Å². The van der Waals surface area contributed by atoms with Crippen molar-refractivity contribution in [3.63, 3.8) is 0 Å². The maximum atomic E-state index is 11.0. The van der Waals surface area contributed by atoms with Crippen molar-refractivity contribution >= 4 is 0 Å². The Kier molecular flexibility index (Phi) is 6.59. The maximum absolute atomic E-state index is 11.0. The molecule has 3 saturated heterocycles. The Balaban J connectivity index is 1.19. The Labute approximate surface area is 245 Å². The predicted octanol–water partition coefficient (Wildman–Crippen LogP) is 5.00. The number of fused-ring (bicyclic) bond motifs is 10. The summed E-state index contributed by atoms with van der Waals surface area (Å²) in [5.41, 5.74) is 2.68. The first-order valence-corrected chi connectivity index (χ1v) is 17.4. The molecular formula is C36H61N2O2+. The van der Waals surface area contributed by atoms with Crippen LogP contribution in [0, 0.1) is 56.7 Å². The fourth-order valence-corrected chi connectivity index (χ4v) is 14.0. The largest absolute Gasteiger partial charge is 0.396 e. The third-order valence-corrected chi connectivity index (χ3v) is 16.5. The summed E-state index contributed by atoms with van der Waals surface area (Å²) in [5, 5.41) is 25.8. The van der Waals surface area contributed by atoms with Crippen LogP contribution in [0.25, 0.3) is 0 Å². The molecule has 7 unspecified atom stereocenters. The van der Waals surface area contributed by atoms with Crippen molar-refractivity contribution < 1.29 is 15.1 Å². The molecule has 5 saturated carbocycles. The number of piperazine rings is 1. The van der Waals surface area contributed by atoms with Crippen molar-refractivity contribution in [3.8, 4) is 0 Å². The minimum atomic E-state index is -0.153. The normalized spacial score (nSPS) is 56.5. The van der Waals surface area contributed by atoms with Crippen molar-refractivity contribution in [1.29, 1.82) is 0 Å². The number of hydrogen-bond acceptors (Lipinski definition) is 3. The molecule has 0 amide bonds. The SMILES string of the molecule is C=C(C[NH+]1CC2CCC1CN2)[C@@H]1CC[C@]2(CO)CC[C@]3(C)C(CCC4[C@@]5(C)CC[C@H](O)C(C)(C)C5CC[C@]43C)C12. The number of nitrogens with one attached hydrogen (secondary N) is 2. The fraction of sp³-hybridized carbons (Fsp3) is 0.944. The van der Waals surface area contributed by atoms with E-state index in [9.17, 15) is 10.2 Å². The van der Waals surface area contributed by atoms with Gasteiger partial charge in [0.25, 0.3) is 0 Å². The second-order valence-corrected chi connectivity index (χ2v) is 17.8. The molecule has 226 valence electrons. The first-order valence-electron chi connectivity index (χ1n) is 17.4. The zero-order chi connectivity index (χ0) is 28.3. The van der Waals surface area contributed by atoms with Gasteiger partial charge < -0.3 is 20.4 Å². The van der Waals surface area contributed by atoms with Gasteiger partial charge in [-0.25, -0.2) is 0 Å². The summed E-state index contributed by atoms with van der Waals surface area (Å²) in [7, 11) is 0. The van der Waals surface area contributed by atoms with Crippen molar-refractivity contribution in [2.45, 2.75) is 130 Å². The molecule has 40 heavy (non-hydrogen) atoms. The molecule has 0 aromatic rings. The monoisotopic (exact) mass is 553 g/mol. The number of aliphatic hydroxyl groups is 2. The van der Waals surface area contributed by atoms with Crippen LogP contribution in [-0.4, -0.2) is 54.6 Å². The van der Waals surface area contributed by atoms with E-state index in [2.05, 4.69) is 39.9 Å². The van der Waals surface area contributed by atoms with Crippen LogP contribution in [0.4, 0.5) is 0 Å². The molecular weight excluding hydrogens is 492 g/mol. The lowest BCUT2D eigenvalue weighted by Gasteiger charge is -2.73. The molecule has 8 fully saturated rings. The van der Waals surface area contributed by atoms with Gasteiger partial charge in [0.05, 0.1) is 25.2 Å². The summed E-state index contributed by atoms with van der Waals surface area (Å²) in [5.74, 6) is 3.27. The summed E-state index contributed by atoms with van der Waals surface area (Å²) in [4.78, 5) is 1.80. The molecule has 0 spiro atoms. The van der Waals surface area contributed by atoms with Crippen molar-refractivity contribution in [3.05, 3.63) is 12.2 Å². The van der Waals surface area contributed by atoms with Gasteiger partial charge in [-0.2, -0.15) is 0 Å². The lowest BCUT2D eigenvalue weighted by molar-refractivity contribution is -0.931. The first kappa shape index (κ1) is 28.4. The van der Waals surface area contributed by atoms with Gasteiger partial charge in [-0.05, 0) is 133 Å². The molecule has 2 bridgehead atoms. The molecule has 4 heteroatoms. The van der Waals surface area contributed by atoms with Crippen molar-refractivity contribution in [1.82, 2.24) is 5.32 Å². The van der Waals surface area contributed by atoms with Crippen LogP contribution in [0.15, 0.2) is 12.2 Å². The summed E-state index contributed by atoms with van der Waals surface area (Å²) in [6.07, 6.45) is 15.0. The molecule has 0 aromatic heterocycles. The van der Waals surface area contributed by atoms with Crippen LogP contribution >= 0.6 is 0 Å². The van der Waals surface area contributed by atoms with Crippen LogP contribution in [0.2, 0.25) is 0 Å². The summed E-state index contributed by atoms with van der Waals surface area (Å²) < 4.78 is 0. The van der Waals surface area contributed by atoms with Crippen LogP contribution < -0.4 is 10.2 Å². The lowest BCUT2D eigenvalue weighted by atomic mass is 9.32. The molecule has 8 aliphatic rings. The van der Waals surface area contributed by atoms with Gasteiger partial charge in [0, 0.05) is 19.6 Å². The first-order chi connectivity index (χ1) is 18.9. The van der Waals surface area contributed by atoms with Gasteiger partial charge in [-0.3, -0.25) is 0 Å². The average molecular weight is 554 g/mol.